The van der Waals surface area contributed by atoms with Gasteiger partial charge in [0.15, 0.2) is 5.13 Å². The van der Waals surface area contributed by atoms with E-state index in [4.69, 9.17) is 10.00 Å². The predicted molar refractivity (Wildman–Crippen MR) is 99.3 cm³/mol. The van der Waals surface area contributed by atoms with E-state index in [0.29, 0.717) is 42.4 Å². The van der Waals surface area contributed by atoms with Gasteiger partial charge in [0.05, 0.1) is 23.9 Å². The summed E-state index contributed by atoms with van der Waals surface area (Å²) in [6, 6.07) is 8.70. The smallest absolute Gasteiger partial charge is 0.255 e. The monoisotopic (exact) mass is 382 g/mol. The Morgan fingerprint density at radius 2 is 2.15 bits per heavy atom. The van der Waals surface area contributed by atoms with Crippen LogP contribution in [0.25, 0.3) is 0 Å². The third-order valence-electron chi connectivity index (χ3n) is 4.73. The van der Waals surface area contributed by atoms with Crippen LogP contribution >= 0.6 is 11.3 Å². The van der Waals surface area contributed by atoms with Gasteiger partial charge in [-0.25, -0.2) is 4.98 Å². The van der Waals surface area contributed by atoms with E-state index in [2.05, 4.69) is 10.3 Å². The van der Waals surface area contributed by atoms with Gasteiger partial charge in [0.25, 0.3) is 11.8 Å². The predicted octanol–water partition coefficient (Wildman–Crippen LogP) is 2.33. The fraction of sp³-hybridized carbons (Fsp3) is 0.368. The molecule has 1 fully saturated rings. The number of carbonyl (C=O) groups excluding carboxylic acids is 2. The number of rotatable bonds is 3. The van der Waals surface area contributed by atoms with Crippen molar-refractivity contribution in [3.63, 3.8) is 0 Å². The number of carbonyl (C=O) groups is 2. The zero-order chi connectivity index (χ0) is 18.8. The zero-order valence-electron chi connectivity index (χ0n) is 14.6. The Balaban J connectivity index is 1.43. The number of aromatic nitrogens is 1. The number of nitriles is 1. The van der Waals surface area contributed by atoms with Crippen molar-refractivity contribution in [2.75, 3.05) is 18.5 Å². The van der Waals surface area contributed by atoms with Crippen molar-refractivity contribution in [2.24, 2.45) is 0 Å². The molecule has 2 aliphatic heterocycles. The van der Waals surface area contributed by atoms with E-state index in [1.54, 1.807) is 29.2 Å². The van der Waals surface area contributed by atoms with Crippen molar-refractivity contribution in [3.05, 3.63) is 46.0 Å². The lowest BCUT2D eigenvalue weighted by Gasteiger charge is -2.26. The molecule has 1 unspecified atom stereocenters. The van der Waals surface area contributed by atoms with E-state index in [9.17, 15) is 9.59 Å². The molecule has 1 aromatic heterocycles. The molecule has 27 heavy (non-hydrogen) atoms. The number of anilines is 1. The molecule has 1 N–H and O–H groups in total. The minimum atomic E-state index is -0.389. The first-order chi connectivity index (χ1) is 13.1. The number of thiazole rings is 1. The van der Waals surface area contributed by atoms with Gasteiger partial charge in [-0.2, -0.15) is 5.26 Å². The Morgan fingerprint density at radius 3 is 2.85 bits per heavy atom. The van der Waals surface area contributed by atoms with E-state index in [1.165, 1.54) is 11.3 Å². The van der Waals surface area contributed by atoms with Crippen LogP contribution < -0.4 is 5.32 Å². The van der Waals surface area contributed by atoms with Crippen LogP contribution in [0.4, 0.5) is 5.13 Å². The van der Waals surface area contributed by atoms with Gasteiger partial charge in [-0.15, -0.1) is 0 Å². The molecular weight excluding hydrogens is 364 g/mol. The molecule has 1 aromatic carbocycles. The quantitative estimate of drug-likeness (QED) is 0.879. The Labute approximate surface area is 160 Å². The fourth-order valence-electron chi connectivity index (χ4n) is 3.26. The number of nitrogens with zero attached hydrogens (tertiary/aromatic N) is 3. The molecule has 8 heteroatoms. The van der Waals surface area contributed by atoms with Crippen LogP contribution in [0, 0.1) is 11.3 Å². The average molecular weight is 382 g/mol. The molecule has 4 rings (SSSR count). The van der Waals surface area contributed by atoms with Gasteiger partial charge < -0.3 is 9.64 Å². The molecule has 2 aliphatic rings. The van der Waals surface area contributed by atoms with Crippen LogP contribution in [0.15, 0.2) is 24.3 Å². The largest absolute Gasteiger partial charge is 0.368 e. The van der Waals surface area contributed by atoms with E-state index >= 15 is 0 Å². The Kier molecular flexibility index (Phi) is 4.88. The molecule has 3 heterocycles. The van der Waals surface area contributed by atoms with Crippen LogP contribution in [0.5, 0.6) is 0 Å². The summed E-state index contributed by atoms with van der Waals surface area (Å²) in [6.45, 7) is 1.68. The lowest BCUT2D eigenvalue weighted by Crippen LogP contribution is -2.35. The summed E-state index contributed by atoms with van der Waals surface area (Å²) >= 11 is 1.41. The molecule has 1 atom stereocenters. The van der Waals surface area contributed by atoms with Crippen molar-refractivity contribution in [3.8, 4) is 6.07 Å². The lowest BCUT2D eigenvalue weighted by molar-refractivity contribution is -0.124. The second kappa shape index (κ2) is 7.47. The van der Waals surface area contributed by atoms with Gasteiger partial charge in [-0.05, 0) is 37.1 Å². The molecule has 0 aliphatic carbocycles. The van der Waals surface area contributed by atoms with Crippen molar-refractivity contribution in [1.82, 2.24) is 9.88 Å². The highest BCUT2D eigenvalue weighted by atomic mass is 32.1. The first kappa shape index (κ1) is 17.6. The van der Waals surface area contributed by atoms with Gasteiger partial charge >= 0.3 is 0 Å². The maximum Gasteiger partial charge on any atom is 0.255 e. The van der Waals surface area contributed by atoms with Crippen LogP contribution in [-0.4, -0.2) is 41.0 Å². The topological polar surface area (TPSA) is 95.3 Å². The Bertz CT molecular complexity index is 910. The summed E-state index contributed by atoms with van der Waals surface area (Å²) in [5.41, 5.74) is 2.03. The molecular formula is C19H18N4O3S. The third kappa shape index (κ3) is 3.70. The molecule has 0 spiro atoms. The van der Waals surface area contributed by atoms with Gasteiger partial charge in [0.2, 0.25) is 0 Å². The summed E-state index contributed by atoms with van der Waals surface area (Å²) in [5.74, 6) is -0.215. The van der Waals surface area contributed by atoms with Crippen LogP contribution in [0.3, 0.4) is 0 Å². The lowest BCUT2D eigenvalue weighted by atomic mass is 10.1. The molecule has 138 valence electrons. The second-order valence-electron chi connectivity index (χ2n) is 6.55. The number of hydrogen-bond acceptors (Lipinski definition) is 6. The van der Waals surface area contributed by atoms with Gasteiger partial charge in [0.1, 0.15) is 6.10 Å². The first-order valence-corrected chi connectivity index (χ1v) is 9.66. The van der Waals surface area contributed by atoms with Crippen LogP contribution in [-0.2, 0) is 22.5 Å². The number of ether oxygens (including phenoxy) is 1. The minimum Gasteiger partial charge on any atom is -0.368 e. The molecule has 2 aromatic rings. The normalized spacial score (nSPS) is 18.6. The summed E-state index contributed by atoms with van der Waals surface area (Å²) in [4.78, 5) is 32.2. The van der Waals surface area contributed by atoms with E-state index < -0.39 is 0 Å². The van der Waals surface area contributed by atoms with Crippen LogP contribution in [0.1, 0.15) is 39.3 Å². The standard InChI is InChI=1S/C19H18N4O3S/c20-10-12-3-5-13(6-4-12)18(25)23-8-7-14-16(11-23)27-19(21-14)22-17(24)15-2-1-9-26-15/h3-6,15H,1-2,7-9,11H2,(H,21,22,24). The van der Waals surface area contributed by atoms with Crippen molar-refractivity contribution in [1.29, 1.82) is 5.26 Å². The zero-order valence-corrected chi connectivity index (χ0v) is 15.4. The Morgan fingerprint density at radius 1 is 1.33 bits per heavy atom. The van der Waals surface area contributed by atoms with Crippen molar-refractivity contribution >= 4 is 28.3 Å². The number of amides is 2. The van der Waals surface area contributed by atoms with E-state index in [0.717, 1.165) is 23.4 Å². The maximum atomic E-state index is 12.7. The summed E-state index contributed by atoms with van der Waals surface area (Å²) in [5, 5.41) is 12.3. The highest BCUT2D eigenvalue weighted by Crippen LogP contribution is 2.29. The molecule has 7 nitrogen and oxygen atoms in total. The summed E-state index contributed by atoms with van der Waals surface area (Å²) in [6.07, 6.45) is 1.91. The van der Waals surface area contributed by atoms with E-state index in [1.807, 2.05) is 6.07 Å². The average Bonchev–Trinajstić information content (AvgIpc) is 3.36. The Hall–Kier alpha value is -2.76. The van der Waals surface area contributed by atoms with Gasteiger partial charge in [-0.1, -0.05) is 11.3 Å². The summed E-state index contributed by atoms with van der Waals surface area (Å²) < 4.78 is 5.39. The molecule has 1 saturated heterocycles. The van der Waals surface area contributed by atoms with Crippen molar-refractivity contribution < 1.29 is 14.3 Å². The number of fused-ring (bicyclic) bond motifs is 1. The number of nitrogens with one attached hydrogen (secondary N) is 1. The fourth-order valence-corrected chi connectivity index (χ4v) is 4.29. The minimum absolute atomic E-state index is 0.0662. The molecule has 0 radical (unpaired) electrons. The maximum absolute atomic E-state index is 12.7. The number of benzene rings is 1. The highest BCUT2D eigenvalue weighted by molar-refractivity contribution is 7.15. The SMILES string of the molecule is N#Cc1ccc(C(=O)N2CCc3nc(NC(=O)C4CCCO4)sc3C2)cc1. The highest BCUT2D eigenvalue weighted by Gasteiger charge is 2.27. The first-order valence-electron chi connectivity index (χ1n) is 8.84. The number of hydrogen-bond donors (Lipinski definition) is 1. The van der Waals surface area contributed by atoms with Crippen molar-refractivity contribution in [2.45, 2.75) is 31.9 Å². The molecule has 0 saturated carbocycles. The summed E-state index contributed by atoms with van der Waals surface area (Å²) in [7, 11) is 0. The van der Waals surface area contributed by atoms with Crippen LogP contribution in [0.2, 0.25) is 0 Å². The van der Waals surface area contributed by atoms with E-state index in [-0.39, 0.29) is 17.9 Å². The van der Waals surface area contributed by atoms with Gasteiger partial charge in [0, 0.05) is 30.0 Å². The third-order valence-corrected chi connectivity index (χ3v) is 5.73. The molecule has 2 amide bonds. The van der Waals surface area contributed by atoms with Gasteiger partial charge in [-0.3, -0.25) is 14.9 Å². The second-order valence-corrected chi connectivity index (χ2v) is 7.63. The molecule has 0 bridgehead atoms.